The van der Waals surface area contributed by atoms with E-state index in [2.05, 4.69) is 15.3 Å². The number of carbonyl (C=O) groups excluding carboxylic acids is 1. The maximum Gasteiger partial charge on any atom is 0.415 e. The molecule has 2 atom stereocenters. The Bertz CT molecular complexity index is 895. The summed E-state index contributed by atoms with van der Waals surface area (Å²) in [6, 6.07) is 19.7. The molecular formula is C22H23FN4O2. The second-order valence-corrected chi connectivity index (χ2v) is 6.61. The Balaban J connectivity index is 0.000000343. The summed E-state index contributed by atoms with van der Waals surface area (Å²) in [5.74, 6) is 0.607. The third-order valence-corrected chi connectivity index (χ3v) is 4.36. The van der Waals surface area contributed by atoms with Crippen LogP contribution in [0, 0.1) is 5.82 Å². The summed E-state index contributed by atoms with van der Waals surface area (Å²) in [7, 11) is 0. The maximum atomic E-state index is 13.0. The highest BCUT2D eigenvalue weighted by molar-refractivity contribution is 5.89. The number of amides is 1. The van der Waals surface area contributed by atoms with Crippen molar-refractivity contribution in [2.75, 3.05) is 16.8 Å². The third kappa shape index (κ3) is 5.51. The first-order valence-corrected chi connectivity index (χ1v) is 9.35. The molecule has 7 heteroatoms. The van der Waals surface area contributed by atoms with Gasteiger partial charge in [-0.25, -0.2) is 14.2 Å². The summed E-state index contributed by atoms with van der Waals surface area (Å²) in [6.07, 6.45) is 1.18. The van der Waals surface area contributed by atoms with Crippen LogP contribution >= 0.6 is 0 Å². The molecule has 1 fully saturated rings. The van der Waals surface area contributed by atoms with Gasteiger partial charge in [0.05, 0.1) is 12.1 Å². The van der Waals surface area contributed by atoms with E-state index < -0.39 is 6.09 Å². The number of anilines is 2. The Labute approximate surface area is 169 Å². The monoisotopic (exact) mass is 394 g/mol. The third-order valence-electron chi connectivity index (χ3n) is 4.36. The largest absolute Gasteiger partial charge is 0.447 e. The van der Waals surface area contributed by atoms with Crippen LogP contribution in [0.4, 0.5) is 21.0 Å². The molecule has 29 heavy (non-hydrogen) atoms. The number of aromatic nitrogens is 2. The van der Waals surface area contributed by atoms with E-state index >= 15 is 0 Å². The fraction of sp³-hybridized carbons (Fsp3) is 0.227. The van der Waals surface area contributed by atoms with Gasteiger partial charge in [0.1, 0.15) is 18.2 Å². The van der Waals surface area contributed by atoms with Gasteiger partial charge in [-0.3, -0.25) is 4.90 Å². The lowest BCUT2D eigenvalue weighted by molar-refractivity contribution is 0.179. The van der Waals surface area contributed by atoms with Crippen LogP contribution in [-0.4, -0.2) is 28.7 Å². The molecule has 1 saturated heterocycles. The summed E-state index contributed by atoms with van der Waals surface area (Å²) in [5, 5.41) is 3.15. The average Bonchev–Trinajstić information content (AvgIpc) is 3.08. The molecule has 1 aliphatic rings. The molecule has 0 aliphatic carbocycles. The Morgan fingerprint density at radius 3 is 2.28 bits per heavy atom. The SMILES string of the molecule is CC(Nc1nccc(N2C(=O)OC[C@H]2C)n1)c1ccc(F)cc1.c1ccccc1. The van der Waals surface area contributed by atoms with Gasteiger partial charge in [-0.2, -0.15) is 4.98 Å². The van der Waals surface area contributed by atoms with Crippen molar-refractivity contribution in [3.63, 3.8) is 0 Å². The lowest BCUT2D eigenvalue weighted by Gasteiger charge is -2.19. The van der Waals surface area contributed by atoms with Crippen LogP contribution in [0.25, 0.3) is 0 Å². The summed E-state index contributed by atoms with van der Waals surface area (Å²) in [4.78, 5) is 21.8. The van der Waals surface area contributed by atoms with Gasteiger partial charge in [-0.1, -0.05) is 48.5 Å². The van der Waals surface area contributed by atoms with Gasteiger partial charge in [0.15, 0.2) is 0 Å². The molecule has 2 aromatic carbocycles. The predicted molar refractivity (Wildman–Crippen MR) is 110 cm³/mol. The minimum absolute atomic E-state index is 0.0697. The molecule has 1 unspecified atom stereocenters. The van der Waals surface area contributed by atoms with E-state index in [1.807, 2.05) is 50.2 Å². The van der Waals surface area contributed by atoms with Crippen molar-refractivity contribution in [2.24, 2.45) is 0 Å². The van der Waals surface area contributed by atoms with Gasteiger partial charge in [-0.05, 0) is 37.6 Å². The first-order valence-electron chi connectivity index (χ1n) is 9.35. The van der Waals surface area contributed by atoms with E-state index in [1.165, 1.54) is 17.0 Å². The fourth-order valence-corrected chi connectivity index (χ4v) is 2.80. The van der Waals surface area contributed by atoms with Crippen molar-refractivity contribution >= 4 is 17.9 Å². The molecule has 1 aliphatic heterocycles. The number of nitrogens with one attached hydrogen (secondary N) is 1. The lowest BCUT2D eigenvalue weighted by Crippen LogP contribution is -2.31. The van der Waals surface area contributed by atoms with Gasteiger partial charge >= 0.3 is 6.09 Å². The molecule has 150 valence electrons. The number of hydrogen-bond donors (Lipinski definition) is 1. The molecule has 0 bridgehead atoms. The summed E-state index contributed by atoms with van der Waals surface area (Å²) in [6.45, 7) is 4.16. The second kappa shape index (κ2) is 9.64. The zero-order valence-electron chi connectivity index (χ0n) is 16.3. The quantitative estimate of drug-likeness (QED) is 0.687. The van der Waals surface area contributed by atoms with Crippen LogP contribution in [0.15, 0.2) is 72.9 Å². The highest BCUT2D eigenvalue weighted by Gasteiger charge is 2.32. The molecule has 1 aromatic heterocycles. The van der Waals surface area contributed by atoms with Crippen LogP contribution in [0.5, 0.6) is 0 Å². The minimum Gasteiger partial charge on any atom is -0.447 e. The first-order chi connectivity index (χ1) is 14.0. The minimum atomic E-state index is -0.409. The van der Waals surface area contributed by atoms with Gasteiger partial charge in [0.25, 0.3) is 0 Å². The van der Waals surface area contributed by atoms with E-state index in [-0.39, 0.29) is 17.9 Å². The number of benzene rings is 2. The normalized spacial score (nSPS) is 16.4. The highest BCUT2D eigenvalue weighted by atomic mass is 19.1. The van der Waals surface area contributed by atoms with Gasteiger partial charge < -0.3 is 10.1 Å². The Morgan fingerprint density at radius 1 is 1.10 bits per heavy atom. The molecule has 3 aromatic rings. The van der Waals surface area contributed by atoms with Crippen LogP contribution < -0.4 is 10.2 Å². The Hall–Kier alpha value is -3.48. The molecule has 4 rings (SSSR count). The topological polar surface area (TPSA) is 67.4 Å². The number of hydrogen-bond acceptors (Lipinski definition) is 5. The van der Waals surface area contributed by atoms with Crippen molar-refractivity contribution in [3.05, 3.63) is 84.3 Å². The fourth-order valence-electron chi connectivity index (χ4n) is 2.80. The van der Waals surface area contributed by atoms with Crippen molar-refractivity contribution in [1.29, 1.82) is 0 Å². The highest BCUT2D eigenvalue weighted by Crippen LogP contribution is 2.23. The number of cyclic esters (lactones) is 1. The predicted octanol–water partition coefficient (Wildman–Crippen LogP) is 4.82. The summed E-state index contributed by atoms with van der Waals surface area (Å²) in [5.41, 5.74) is 0.911. The molecule has 6 nitrogen and oxygen atoms in total. The zero-order valence-corrected chi connectivity index (χ0v) is 16.3. The van der Waals surface area contributed by atoms with Crippen LogP contribution in [0.3, 0.4) is 0 Å². The van der Waals surface area contributed by atoms with E-state index in [9.17, 15) is 9.18 Å². The van der Waals surface area contributed by atoms with E-state index in [4.69, 9.17) is 4.74 Å². The smallest absolute Gasteiger partial charge is 0.415 e. The molecule has 0 saturated carbocycles. The molecule has 0 spiro atoms. The average molecular weight is 394 g/mol. The van der Waals surface area contributed by atoms with E-state index in [1.54, 1.807) is 24.4 Å². The van der Waals surface area contributed by atoms with Crippen LogP contribution in [0.1, 0.15) is 25.5 Å². The summed E-state index contributed by atoms with van der Waals surface area (Å²) >= 11 is 0. The number of ether oxygens (including phenoxy) is 1. The van der Waals surface area contributed by atoms with Gasteiger partial charge in [0.2, 0.25) is 5.95 Å². The van der Waals surface area contributed by atoms with E-state index in [0.29, 0.717) is 18.4 Å². The zero-order chi connectivity index (χ0) is 20.6. The Morgan fingerprint density at radius 2 is 1.72 bits per heavy atom. The standard InChI is InChI=1S/C16H17FN4O2.C6H6/c1-10-9-23-16(22)21(10)14-7-8-18-15(20-14)19-11(2)12-3-5-13(17)6-4-12;1-2-4-6-5-3-1/h3-8,10-11H,9H2,1-2H3,(H,18,19,20);1-6H/t10-,11?;/m1./s1. The molecular weight excluding hydrogens is 371 g/mol. The molecule has 1 amide bonds. The van der Waals surface area contributed by atoms with Crippen molar-refractivity contribution in [2.45, 2.75) is 25.9 Å². The maximum absolute atomic E-state index is 13.0. The number of carbonyl (C=O) groups is 1. The van der Waals surface area contributed by atoms with Gasteiger partial charge in [-0.15, -0.1) is 0 Å². The van der Waals surface area contributed by atoms with Crippen molar-refractivity contribution in [3.8, 4) is 0 Å². The molecule has 0 radical (unpaired) electrons. The number of rotatable bonds is 4. The van der Waals surface area contributed by atoms with Crippen LogP contribution in [-0.2, 0) is 4.74 Å². The van der Waals surface area contributed by atoms with E-state index in [0.717, 1.165) is 5.56 Å². The van der Waals surface area contributed by atoms with Gasteiger partial charge in [0, 0.05) is 6.20 Å². The lowest BCUT2D eigenvalue weighted by atomic mass is 10.1. The number of nitrogens with zero attached hydrogens (tertiary/aromatic N) is 3. The molecule has 1 N–H and O–H groups in total. The first kappa shape index (κ1) is 20.3. The second-order valence-electron chi connectivity index (χ2n) is 6.61. The van der Waals surface area contributed by atoms with Crippen LogP contribution in [0.2, 0.25) is 0 Å². The Kier molecular flexibility index (Phi) is 6.73. The summed E-state index contributed by atoms with van der Waals surface area (Å²) < 4.78 is 18.0. The van der Waals surface area contributed by atoms with Crippen molar-refractivity contribution < 1.29 is 13.9 Å². The molecule has 2 heterocycles. The van der Waals surface area contributed by atoms with Crippen molar-refractivity contribution in [1.82, 2.24) is 9.97 Å². The number of halogens is 1.